The maximum Gasteiger partial charge on any atom is 0.152 e. The first-order valence-corrected chi connectivity index (χ1v) is 7.19. The van der Waals surface area contributed by atoms with Crippen LogP contribution < -0.4 is 10.2 Å². The summed E-state index contributed by atoms with van der Waals surface area (Å²) in [6.45, 7) is 6.28. The van der Waals surface area contributed by atoms with E-state index in [9.17, 15) is 5.11 Å². The van der Waals surface area contributed by atoms with Gasteiger partial charge in [-0.1, -0.05) is 13.0 Å². The molecule has 110 valence electrons. The Labute approximate surface area is 120 Å². The molecule has 20 heavy (non-hydrogen) atoms. The summed E-state index contributed by atoms with van der Waals surface area (Å²) in [6, 6.07) is 6.00. The van der Waals surface area contributed by atoms with Gasteiger partial charge in [-0.05, 0) is 32.0 Å². The number of likely N-dealkylation sites (N-methyl/N-ethyl adjacent to an activating group) is 1. The van der Waals surface area contributed by atoms with Gasteiger partial charge in [-0.25, -0.2) is 4.98 Å². The first kappa shape index (κ1) is 14.8. The van der Waals surface area contributed by atoms with Crippen LogP contribution in [0.2, 0.25) is 0 Å². The van der Waals surface area contributed by atoms with Crippen LogP contribution in [0.25, 0.3) is 5.65 Å². The third-order valence-electron chi connectivity index (χ3n) is 3.23. The molecule has 2 heterocycles. The molecule has 2 aromatic rings. The van der Waals surface area contributed by atoms with E-state index < -0.39 is 0 Å². The lowest BCUT2D eigenvalue weighted by molar-refractivity contribution is 0.201. The first-order chi connectivity index (χ1) is 9.63. The predicted molar refractivity (Wildman–Crippen MR) is 82.1 cm³/mol. The van der Waals surface area contributed by atoms with E-state index in [1.807, 2.05) is 36.3 Å². The Kier molecular flexibility index (Phi) is 4.98. The topological polar surface area (TPSA) is 52.8 Å². The van der Waals surface area contributed by atoms with E-state index in [1.165, 1.54) is 0 Å². The van der Waals surface area contributed by atoms with Crippen LogP contribution >= 0.6 is 0 Å². The van der Waals surface area contributed by atoms with Gasteiger partial charge in [-0.3, -0.25) is 0 Å². The van der Waals surface area contributed by atoms with Crippen LogP contribution in [-0.2, 0) is 6.54 Å². The summed E-state index contributed by atoms with van der Waals surface area (Å²) in [5.41, 5.74) is 2.07. The number of pyridine rings is 1. The van der Waals surface area contributed by atoms with Crippen LogP contribution in [0.4, 0.5) is 5.82 Å². The van der Waals surface area contributed by atoms with Crippen LogP contribution in [0.5, 0.6) is 0 Å². The van der Waals surface area contributed by atoms with Gasteiger partial charge in [0, 0.05) is 26.3 Å². The van der Waals surface area contributed by atoms with E-state index in [0.717, 1.165) is 36.7 Å². The lowest BCUT2D eigenvalue weighted by atomic mass is 10.3. The average molecular weight is 276 g/mol. The average Bonchev–Trinajstić information content (AvgIpc) is 2.78. The molecule has 1 unspecified atom stereocenters. The van der Waals surface area contributed by atoms with Crippen molar-refractivity contribution in [3.05, 3.63) is 30.1 Å². The smallest absolute Gasteiger partial charge is 0.152 e. The highest BCUT2D eigenvalue weighted by molar-refractivity contribution is 5.55. The molecule has 0 spiro atoms. The molecule has 0 saturated heterocycles. The molecular formula is C15H24N4O. The monoisotopic (exact) mass is 276 g/mol. The lowest BCUT2D eigenvalue weighted by Crippen LogP contribution is -2.28. The molecule has 2 N–H and O–H groups in total. The number of aromatic nitrogens is 2. The molecule has 5 heteroatoms. The van der Waals surface area contributed by atoms with Gasteiger partial charge in [0.1, 0.15) is 5.65 Å². The minimum atomic E-state index is -0.374. The van der Waals surface area contributed by atoms with Crippen LogP contribution in [0, 0.1) is 0 Å². The highest BCUT2D eigenvalue weighted by Crippen LogP contribution is 2.21. The lowest BCUT2D eigenvalue weighted by Gasteiger charge is -2.20. The fraction of sp³-hybridized carbons (Fsp3) is 0.533. The van der Waals surface area contributed by atoms with Gasteiger partial charge in [-0.2, -0.15) is 0 Å². The van der Waals surface area contributed by atoms with E-state index in [0.29, 0.717) is 6.54 Å². The second kappa shape index (κ2) is 6.72. The maximum atomic E-state index is 9.57. The molecule has 0 bridgehead atoms. The van der Waals surface area contributed by atoms with Gasteiger partial charge < -0.3 is 19.7 Å². The Morgan fingerprint density at radius 3 is 2.95 bits per heavy atom. The second-order valence-corrected chi connectivity index (χ2v) is 5.22. The number of nitrogens with one attached hydrogen (secondary N) is 1. The van der Waals surface area contributed by atoms with Crippen molar-refractivity contribution in [1.82, 2.24) is 14.7 Å². The van der Waals surface area contributed by atoms with Crippen molar-refractivity contribution in [1.29, 1.82) is 0 Å². The second-order valence-electron chi connectivity index (χ2n) is 5.22. The van der Waals surface area contributed by atoms with Gasteiger partial charge in [-0.15, -0.1) is 0 Å². The number of nitrogens with zero attached hydrogens (tertiary/aromatic N) is 3. The maximum absolute atomic E-state index is 9.57. The molecule has 0 aliphatic rings. The zero-order valence-electron chi connectivity index (χ0n) is 12.5. The van der Waals surface area contributed by atoms with Crippen molar-refractivity contribution in [2.24, 2.45) is 0 Å². The van der Waals surface area contributed by atoms with Crippen molar-refractivity contribution in [2.45, 2.75) is 32.9 Å². The number of fused-ring (bicyclic) bond motifs is 1. The number of rotatable bonds is 7. The van der Waals surface area contributed by atoms with Gasteiger partial charge in [0.15, 0.2) is 5.82 Å². The molecule has 0 aromatic carbocycles. The largest absolute Gasteiger partial charge is 0.392 e. The standard InChI is InChI=1S/C15H24N4O/c1-4-8-16-10-13-15(18(3)11-12(2)20)17-14-7-5-6-9-19(13)14/h5-7,9,12,16,20H,4,8,10-11H2,1-3H3. The van der Waals surface area contributed by atoms with E-state index >= 15 is 0 Å². The molecule has 0 aliphatic carbocycles. The highest BCUT2D eigenvalue weighted by atomic mass is 16.3. The summed E-state index contributed by atoms with van der Waals surface area (Å²) < 4.78 is 2.11. The molecule has 0 fully saturated rings. The highest BCUT2D eigenvalue weighted by Gasteiger charge is 2.16. The normalized spacial score (nSPS) is 12.8. The summed E-state index contributed by atoms with van der Waals surface area (Å²) in [5, 5.41) is 13.0. The van der Waals surface area contributed by atoms with Crippen LogP contribution in [0.1, 0.15) is 26.0 Å². The Balaban J connectivity index is 2.33. The van der Waals surface area contributed by atoms with Gasteiger partial charge in [0.2, 0.25) is 0 Å². The van der Waals surface area contributed by atoms with E-state index in [-0.39, 0.29) is 6.10 Å². The molecule has 0 saturated carbocycles. The van der Waals surface area contributed by atoms with Gasteiger partial charge in [0.05, 0.1) is 11.8 Å². The molecule has 1 atom stereocenters. The third kappa shape index (κ3) is 3.29. The van der Waals surface area contributed by atoms with Crippen LogP contribution in [0.15, 0.2) is 24.4 Å². The number of imidazole rings is 1. The SMILES string of the molecule is CCCNCc1c(N(C)CC(C)O)nc2ccccn12. The summed E-state index contributed by atoms with van der Waals surface area (Å²) in [5.74, 6) is 0.931. The molecule has 5 nitrogen and oxygen atoms in total. The quantitative estimate of drug-likeness (QED) is 0.755. The molecule has 2 rings (SSSR count). The molecule has 0 radical (unpaired) electrons. The van der Waals surface area contributed by atoms with Crippen molar-refractivity contribution >= 4 is 11.5 Å². The van der Waals surface area contributed by atoms with Crippen molar-refractivity contribution < 1.29 is 5.11 Å². The fourth-order valence-electron chi connectivity index (χ4n) is 2.37. The number of hydrogen-bond acceptors (Lipinski definition) is 4. The van der Waals surface area contributed by atoms with Gasteiger partial charge >= 0.3 is 0 Å². The van der Waals surface area contributed by atoms with Crippen LogP contribution in [-0.4, -0.2) is 40.7 Å². The molecule has 0 aliphatic heterocycles. The minimum Gasteiger partial charge on any atom is -0.392 e. The first-order valence-electron chi connectivity index (χ1n) is 7.19. The fourth-order valence-corrected chi connectivity index (χ4v) is 2.37. The van der Waals surface area contributed by atoms with Crippen molar-refractivity contribution in [2.75, 3.05) is 25.0 Å². The molecular weight excluding hydrogens is 252 g/mol. The summed E-state index contributed by atoms with van der Waals surface area (Å²) in [7, 11) is 1.97. The number of aliphatic hydroxyl groups excluding tert-OH is 1. The zero-order valence-corrected chi connectivity index (χ0v) is 12.5. The van der Waals surface area contributed by atoms with E-state index in [1.54, 1.807) is 6.92 Å². The molecule has 2 aromatic heterocycles. The summed E-state index contributed by atoms with van der Waals surface area (Å²) in [6.07, 6.45) is 2.77. The molecule has 0 amide bonds. The third-order valence-corrected chi connectivity index (χ3v) is 3.23. The Hall–Kier alpha value is -1.59. The number of hydrogen-bond donors (Lipinski definition) is 2. The Morgan fingerprint density at radius 2 is 2.25 bits per heavy atom. The number of aliphatic hydroxyl groups is 1. The minimum absolute atomic E-state index is 0.374. The van der Waals surface area contributed by atoms with E-state index in [4.69, 9.17) is 0 Å². The van der Waals surface area contributed by atoms with Crippen LogP contribution in [0.3, 0.4) is 0 Å². The van der Waals surface area contributed by atoms with Crippen molar-refractivity contribution in [3.63, 3.8) is 0 Å². The Bertz CT molecular complexity index is 550. The van der Waals surface area contributed by atoms with Gasteiger partial charge in [0.25, 0.3) is 0 Å². The number of anilines is 1. The zero-order chi connectivity index (χ0) is 14.5. The summed E-state index contributed by atoms with van der Waals surface area (Å²) >= 11 is 0. The van der Waals surface area contributed by atoms with Crippen molar-refractivity contribution in [3.8, 4) is 0 Å². The van der Waals surface area contributed by atoms with E-state index in [2.05, 4.69) is 21.6 Å². The predicted octanol–water partition coefficient (Wildman–Crippen LogP) is 1.65. The Morgan fingerprint density at radius 1 is 1.45 bits per heavy atom. The summed E-state index contributed by atoms with van der Waals surface area (Å²) in [4.78, 5) is 6.70.